The molecule has 0 bridgehead atoms. The van der Waals surface area contributed by atoms with Gasteiger partial charge < -0.3 is 5.11 Å². The van der Waals surface area contributed by atoms with Gasteiger partial charge in [0.05, 0.1) is 10.6 Å². The number of hydrogen-bond donors (Lipinski definition) is 2. The molecule has 0 aliphatic heterocycles. The second-order valence-electron chi connectivity index (χ2n) is 5.59. The predicted octanol–water partition coefficient (Wildman–Crippen LogP) is 2.75. The summed E-state index contributed by atoms with van der Waals surface area (Å²) in [5, 5.41) is 8.99. The highest BCUT2D eigenvalue weighted by molar-refractivity contribution is 7.89. The van der Waals surface area contributed by atoms with Gasteiger partial charge in [-0.2, -0.15) is 0 Å². The molecule has 3 atom stereocenters. The molecular weight excluding hydrogens is 314 g/mol. The van der Waals surface area contributed by atoms with Crippen molar-refractivity contribution in [2.24, 2.45) is 11.8 Å². The molecule has 1 saturated carbocycles. The summed E-state index contributed by atoms with van der Waals surface area (Å²) in [5.74, 6) is -0.495. The van der Waals surface area contributed by atoms with Crippen LogP contribution in [0.3, 0.4) is 0 Å². The summed E-state index contributed by atoms with van der Waals surface area (Å²) in [6.07, 6.45) is 1.75. The number of nitrogens with one attached hydrogen (secondary N) is 1. The monoisotopic (exact) mass is 331 g/mol. The van der Waals surface area contributed by atoms with Crippen molar-refractivity contribution in [2.45, 2.75) is 37.6 Å². The Hall–Kier alpha value is -1.11. The molecule has 2 N–H and O–H groups in total. The lowest BCUT2D eigenvalue weighted by molar-refractivity contribution is 0.0696. The van der Waals surface area contributed by atoms with E-state index in [1.54, 1.807) is 0 Å². The first-order chi connectivity index (χ1) is 9.72. The Morgan fingerprint density at radius 1 is 1.33 bits per heavy atom. The molecule has 1 aromatic carbocycles. The average molecular weight is 332 g/mol. The third-order valence-electron chi connectivity index (χ3n) is 4.24. The van der Waals surface area contributed by atoms with Crippen LogP contribution in [0.2, 0.25) is 5.02 Å². The maximum absolute atomic E-state index is 12.4. The predicted molar refractivity (Wildman–Crippen MR) is 80.1 cm³/mol. The highest BCUT2D eigenvalue weighted by Gasteiger charge is 2.33. The zero-order chi connectivity index (χ0) is 15.8. The van der Waals surface area contributed by atoms with Crippen LogP contribution >= 0.6 is 11.6 Å². The van der Waals surface area contributed by atoms with Gasteiger partial charge in [0.25, 0.3) is 0 Å². The highest BCUT2D eigenvalue weighted by atomic mass is 35.5. The maximum atomic E-state index is 12.4. The van der Waals surface area contributed by atoms with Gasteiger partial charge in [0.1, 0.15) is 4.90 Å². The summed E-state index contributed by atoms with van der Waals surface area (Å²) in [5.41, 5.74) is -0.104. The van der Waals surface area contributed by atoms with Crippen molar-refractivity contribution in [3.05, 3.63) is 28.8 Å². The van der Waals surface area contributed by atoms with Gasteiger partial charge in [0.2, 0.25) is 10.0 Å². The highest BCUT2D eigenvalue weighted by Crippen LogP contribution is 2.33. The van der Waals surface area contributed by atoms with Gasteiger partial charge >= 0.3 is 5.97 Å². The van der Waals surface area contributed by atoms with Crippen LogP contribution in [-0.2, 0) is 10.0 Å². The third kappa shape index (κ3) is 3.39. The number of benzene rings is 1. The van der Waals surface area contributed by atoms with E-state index in [0.717, 1.165) is 18.9 Å². The topological polar surface area (TPSA) is 83.5 Å². The van der Waals surface area contributed by atoms with Gasteiger partial charge in [-0.1, -0.05) is 25.4 Å². The zero-order valence-corrected chi connectivity index (χ0v) is 13.4. The molecule has 0 saturated heterocycles. The van der Waals surface area contributed by atoms with Crippen LogP contribution in [0.5, 0.6) is 0 Å². The second-order valence-corrected chi connectivity index (χ2v) is 7.68. The smallest absolute Gasteiger partial charge is 0.335 e. The molecule has 7 heteroatoms. The van der Waals surface area contributed by atoms with Crippen LogP contribution in [-0.4, -0.2) is 25.5 Å². The zero-order valence-electron chi connectivity index (χ0n) is 11.8. The Balaban J connectivity index is 2.31. The van der Waals surface area contributed by atoms with Gasteiger partial charge in [-0.15, -0.1) is 0 Å². The number of carbonyl (C=O) groups is 1. The lowest BCUT2D eigenvalue weighted by Crippen LogP contribution is -2.37. The number of carboxylic acid groups (broad SMARTS) is 1. The minimum Gasteiger partial charge on any atom is -0.478 e. The Labute approximate surface area is 129 Å². The van der Waals surface area contributed by atoms with Gasteiger partial charge in [0, 0.05) is 6.04 Å². The van der Waals surface area contributed by atoms with Crippen molar-refractivity contribution in [1.82, 2.24) is 4.72 Å². The Kier molecular flexibility index (Phi) is 4.60. The summed E-state index contributed by atoms with van der Waals surface area (Å²) in [6.45, 7) is 4.11. The van der Waals surface area contributed by atoms with Crippen LogP contribution in [0.25, 0.3) is 0 Å². The first-order valence-electron chi connectivity index (χ1n) is 6.77. The van der Waals surface area contributed by atoms with Crippen LogP contribution in [0, 0.1) is 11.8 Å². The number of halogens is 1. The molecule has 21 heavy (non-hydrogen) atoms. The van der Waals surface area contributed by atoms with E-state index >= 15 is 0 Å². The Bertz CT molecular complexity index is 659. The van der Waals surface area contributed by atoms with Gasteiger partial charge in [0.15, 0.2) is 0 Å². The quantitative estimate of drug-likeness (QED) is 0.888. The van der Waals surface area contributed by atoms with Crippen molar-refractivity contribution in [3.8, 4) is 0 Å². The molecular formula is C14H18ClNO4S. The molecule has 0 heterocycles. The van der Waals surface area contributed by atoms with Crippen molar-refractivity contribution < 1.29 is 18.3 Å². The standard InChI is InChI=1S/C14H18ClNO4S/c1-8-3-6-12(9(8)2)16-21(19,20)13-7-10(14(17)18)4-5-11(13)15/h4-5,7-9,12,16H,3,6H2,1-2H3,(H,17,18). The molecule has 1 fully saturated rings. The van der Waals surface area contributed by atoms with Crippen molar-refractivity contribution in [2.75, 3.05) is 0 Å². The van der Waals surface area contributed by atoms with Crippen LogP contribution in [0.1, 0.15) is 37.0 Å². The van der Waals surface area contributed by atoms with Crippen molar-refractivity contribution in [1.29, 1.82) is 0 Å². The number of aromatic carboxylic acids is 1. The number of rotatable bonds is 4. The minimum absolute atomic E-state index is 0.0196. The first kappa shape index (κ1) is 16.3. The van der Waals surface area contributed by atoms with Crippen LogP contribution in [0.4, 0.5) is 0 Å². The third-order valence-corrected chi connectivity index (χ3v) is 6.21. The Morgan fingerprint density at radius 3 is 2.52 bits per heavy atom. The summed E-state index contributed by atoms with van der Waals surface area (Å²) in [7, 11) is -3.83. The lowest BCUT2D eigenvalue weighted by atomic mass is 9.98. The van der Waals surface area contributed by atoms with Crippen molar-refractivity contribution in [3.63, 3.8) is 0 Å². The SMILES string of the molecule is CC1CCC(NS(=O)(=O)c2cc(C(=O)O)ccc2Cl)C1C. The van der Waals surface area contributed by atoms with E-state index in [1.807, 2.05) is 6.92 Å². The fourth-order valence-corrected chi connectivity index (χ4v) is 4.52. The first-order valence-corrected chi connectivity index (χ1v) is 8.63. The summed E-state index contributed by atoms with van der Waals surface area (Å²) >= 11 is 5.92. The molecule has 0 spiro atoms. The molecule has 1 aromatic rings. The molecule has 116 valence electrons. The fourth-order valence-electron chi connectivity index (χ4n) is 2.64. The van der Waals surface area contributed by atoms with Gasteiger partial charge in [-0.25, -0.2) is 17.9 Å². The van der Waals surface area contributed by atoms with E-state index in [2.05, 4.69) is 11.6 Å². The molecule has 0 amide bonds. The van der Waals surface area contributed by atoms with Crippen LogP contribution < -0.4 is 4.72 Å². The number of sulfonamides is 1. The fraction of sp³-hybridized carbons (Fsp3) is 0.500. The largest absolute Gasteiger partial charge is 0.478 e. The van der Waals surface area contributed by atoms with E-state index in [-0.39, 0.29) is 27.4 Å². The maximum Gasteiger partial charge on any atom is 0.335 e. The van der Waals surface area contributed by atoms with E-state index in [9.17, 15) is 13.2 Å². The number of hydrogen-bond acceptors (Lipinski definition) is 3. The molecule has 1 aliphatic carbocycles. The van der Waals surface area contributed by atoms with E-state index in [4.69, 9.17) is 16.7 Å². The Morgan fingerprint density at radius 2 is 2.00 bits per heavy atom. The lowest BCUT2D eigenvalue weighted by Gasteiger charge is -2.20. The summed E-state index contributed by atoms with van der Waals surface area (Å²) in [4.78, 5) is 10.8. The second kappa shape index (κ2) is 5.94. The average Bonchev–Trinajstić information content (AvgIpc) is 2.70. The van der Waals surface area contributed by atoms with Crippen molar-refractivity contribution >= 4 is 27.6 Å². The molecule has 2 rings (SSSR count). The van der Waals surface area contributed by atoms with Gasteiger partial charge in [-0.3, -0.25) is 0 Å². The molecule has 0 radical (unpaired) electrons. The molecule has 1 aliphatic rings. The van der Waals surface area contributed by atoms with E-state index in [0.29, 0.717) is 5.92 Å². The molecule has 5 nitrogen and oxygen atoms in total. The van der Waals surface area contributed by atoms with E-state index < -0.39 is 16.0 Å². The summed E-state index contributed by atoms with van der Waals surface area (Å²) < 4.78 is 27.5. The van der Waals surface area contributed by atoms with Crippen LogP contribution in [0.15, 0.2) is 23.1 Å². The van der Waals surface area contributed by atoms with E-state index in [1.165, 1.54) is 12.1 Å². The minimum atomic E-state index is -3.83. The number of carboxylic acids is 1. The normalized spacial score (nSPS) is 26.0. The summed E-state index contributed by atoms with van der Waals surface area (Å²) in [6, 6.07) is 3.52. The van der Waals surface area contributed by atoms with Gasteiger partial charge in [-0.05, 0) is 42.9 Å². The molecule has 0 aromatic heterocycles. The molecule has 3 unspecified atom stereocenters.